The number of anilines is 1. The van der Waals surface area contributed by atoms with Gasteiger partial charge in [0.15, 0.2) is 5.13 Å². The molecule has 0 saturated heterocycles. The van der Waals surface area contributed by atoms with Crippen LogP contribution in [0.3, 0.4) is 0 Å². The molecule has 1 heterocycles. The molecule has 21 heavy (non-hydrogen) atoms. The number of thiazole rings is 1. The number of nitrogen functional groups attached to an aromatic ring is 1. The molecule has 6 heteroatoms. The van der Waals surface area contributed by atoms with Crippen LogP contribution in [0, 0.1) is 0 Å². The Kier molecular flexibility index (Phi) is 3.39. The Hall–Kier alpha value is -2.34. The molecule has 0 fully saturated rings. The summed E-state index contributed by atoms with van der Waals surface area (Å²) in [5.74, 6) is -0.476. The number of ketones is 1. The number of nitrogens with zero attached hydrogens (tertiary/aromatic N) is 1. The van der Waals surface area contributed by atoms with Crippen LogP contribution in [0.1, 0.15) is 27.4 Å². The molecule has 3 nitrogen and oxygen atoms in total. The minimum Gasteiger partial charge on any atom is -0.375 e. The number of halogens is 2. The molecule has 106 valence electrons. The molecule has 0 spiro atoms. The first-order valence-electron chi connectivity index (χ1n) is 6.14. The first kappa shape index (κ1) is 13.6. The number of hydrogen-bond acceptors (Lipinski definition) is 4. The topological polar surface area (TPSA) is 56.0 Å². The highest BCUT2D eigenvalue weighted by Gasteiger charge is 2.25. The van der Waals surface area contributed by atoms with E-state index >= 15 is 0 Å². The molecule has 0 radical (unpaired) electrons. The monoisotopic (exact) mass is 304 g/mol. The summed E-state index contributed by atoms with van der Waals surface area (Å²) in [6.07, 6.45) is -2.83. The van der Waals surface area contributed by atoms with Crippen molar-refractivity contribution in [2.75, 3.05) is 5.73 Å². The van der Waals surface area contributed by atoms with Gasteiger partial charge >= 0.3 is 0 Å². The van der Waals surface area contributed by atoms with Crippen LogP contribution in [-0.2, 0) is 0 Å². The van der Waals surface area contributed by atoms with E-state index in [-0.39, 0.29) is 10.0 Å². The van der Waals surface area contributed by atoms with Crippen molar-refractivity contribution in [3.63, 3.8) is 0 Å². The molecule has 0 unspecified atom stereocenters. The van der Waals surface area contributed by atoms with Crippen molar-refractivity contribution in [3.8, 4) is 0 Å². The molecule has 2 N–H and O–H groups in total. The molecule has 2 aromatic carbocycles. The fourth-order valence-corrected chi connectivity index (χ4v) is 3.00. The fraction of sp³-hybridized carbons (Fsp3) is 0.0667. The van der Waals surface area contributed by atoms with Gasteiger partial charge in [-0.25, -0.2) is 13.8 Å². The van der Waals surface area contributed by atoms with Crippen molar-refractivity contribution < 1.29 is 13.6 Å². The van der Waals surface area contributed by atoms with Gasteiger partial charge in [0.05, 0.1) is 0 Å². The van der Waals surface area contributed by atoms with Crippen molar-refractivity contribution in [2.24, 2.45) is 0 Å². The normalized spacial score (nSPS) is 11.2. The Balaban J connectivity index is 2.18. The number of alkyl halides is 2. The van der Waals surface area contributed by atoms with Gasteiger partial charge in [-0.05, 0) is 10.8 Å². The average Bonchev–Trinajstić information content (AvgIpc) is 2.88. The van der Waals surface area contributed by atoms with Gasteiger partial charge in [0.2, 0.25) is 5.78 Å². The van der Waals surface area contributed by atoms with Crippen molar-refractivity contribution in [1.29, 1.82) is 0 Å². The largest absolute Gasteiger partial charge is 0.375 e. The molecule has 0 aliphatic heterocycles. The number of rotatable bonds is 3. The summed E-state index contributed by atoms with van der Waals surface area (Å²) in [4.78, 5) is 16.0. The second-order valence-corrected chi connectivity index (χ2v) is 5.45. The smallest absolute Gasteiger partial charge is 0.282 e. The van der Waals surface area contributed by atoms with Crippen molar-refractivity contribution >= 4 is 33.0 Å². The van der Waals surface area contributed by atoms with Gasteiger partial charge < -0.3 is 5.73 Å². The van der Waals surface area contributed by atoms with Crippen molar-refractivity contribution in [2.45, 2.75) is 6.43 Å². The third-order valence-electron chi connectivity index (χ3n) is 3.12. The number of benzene rings is 2. The Bertz CT molecular complexity index is 824. The highest BCUT2D eigenvalue weighted by atomic mass is 32.1. The standard InChI is InChI=1S/C15H10F2N2OS/c16-14(17)11-13(21-15(18)19-11)12(20)10-7-3-5-8-4-1-2-6-9(8)10/h1-7,14H,(H2,18,19). The molecule has 0 aliphatic carbocycles. The average molecular weight is 304 g/mol. The lowest BCUT2D eigenvalue weighted by Crippen LogP contribution is -2.04. The summed E-state index contributed by atoms with van der Waals surface area (Å²) in [6, 6.07) is 12.5. The first-order chi connectivity index (χ1) is 10.1. The lowest BCUT2D eigenvalue weighted by molar-refractivity contribution is 0.102. The Morgan fingerprint density at radius 3 is 2.62 bits per heavy atom. The van der Waals surface area contributed by atoms with Crippen molar-refractivity contribution in [1.82, 2.24) is 4.98 Å². The lowest BCUT2D eigenvalue weighted by atomic mass is 10.0. The summed E-state index contributed by atoms with van der Waals surface area (Å²) >= 11 is 0.791. The molecule has 0 aliphatic rings. The lowest BCUT2D eigenvalue weighted by Gasteiger charge is -2.05. The van der Waals surface area contributed by atoms with E-state index in [0.29, 0.717) is 5.56 Å². The van der Waals surface area contributed by atoms with Gasteiger partial charge in [-0.1, -0.05) is 53.8 Å². The van der Waals surface area contributed by atoms with Crippen LogP contribution in [0.25, 0.3) is 10.8 Å². The highest BCUT2D eigenvalue weighted by Crippen LogP contribution is 2.32. The van der Waals surface area contributed by atoms with Gasteiger partial charge in [0.25, 0.3) is 6.43 Å². The van der Waals surface area contributed by atoms with Crippen molar-refractivity contribution in [3.05, 3.63) is 58.6 Å². The third-order valence-corrected chi connectivity index (χ3v) is 4.02. The number of fused-ring (bicyclic) bond motifs is 1. The minimum absolute atomic E-state index is 0.0334. The van der Waals surface area contributed by atoms with Gasteiger partial charge in [-0.15, -0.1) is 0 Å². The van der Waals surface area contributed by atoms with E-state index in [0.717, 1.165) is 22.1 Å². The van der Waals surface area contributed by atoms with E-state index < -0.39 is 17.9 Å². The maximum absolute atomic E-state index is 13.0. The van der Waals surface area contributed by atoms with Gasteiger partial charge in [-0.3, -0.25) is 4.79 Å². The molecule has 3 aromatic rings. The zero-order valence-electron chi connectivity index (χ0n) is 10.7. The van der Waals surface area contributed by atoms with E-state index in [1.54, 1.807) is 24.3 Å². The zero-order chi connectivity index (χ0) is 15.0. The van der Waals surface area contributed by atoms with E-state index in [9.17, 15) is 13.6 Å². The summed E-state index contributed by atoms with van der Waals surface area (Å²) < 4.78 is 25.9. The Labute approximate surface area is 123 Å². The Morgan fingerprint density at radius 1 is 1.14 bits per heavy atom. The molecule has 3 rings (SSSR count). The summed E-state index contributed by atoms with van der Waals surface area (Å²) in [5.41, 5.74) is 5.30. The third kappa shape index (κ3) is 2.38. The molecule has 0 saturated carbocycles. The maximum atomic E-state index is 13.0. The van der Waals surface area contributed by atoms with Crippen LogP contribution < -0.4 is 5.73 Å². The highest BCUT2D eigenvalue weighted by molar-refractivity contribution is 7.17. The quantitative estimate of drug-likeness (QED) is 0.743. The summed E-state index contributed by atoms with van der Waals surface area (Å²) in [5, 5.41) is 1.56. The van der Waals surface area contributed by atoms with E-state index in [2.05, 4.69) is 4.98 Å². The van der Waals surface area contributed by atoms with E-state index in [4.69, 9.17) is 5.73 Å². The zero-order valence-corrected chi connectivity index (χ0v) is 11.5. The van der Waals surface area contributed by atoms with E-state index in [1.807, 2.05) is 18.2 Å². The molecular formula is C15H10F2N2OS. The summed E-state index contributed by atoms with van der Waals surface area (Å²) in [6.45, 7) is 0. The molecular weight excluding hydrogens is 294 g/mol. The van der Waals surface area contributed by atoms with Crippen LogP contribution >= 0.6 is 11.3 Å². The number of nitrogens with two attached hydrogens (primary N) is 1. The second kappa shape index (κ2) is 5.21. The SMILES string of the molecule is Nc1nc(C(F)F)c(C(=O)c2cccc3ccccc23)s1. The second-order valence-electron chi connectivity index (χ2n) is 4.42. The molecule has 1 aromatic heterocycles. The summed E-state index contributed by atoms with van der Waals surface area (Å²) in [7, 11) is 0. The number of carbonyl (C=O) groups is 1. The predicted octanol–water partition coefficient (Wildman–Crippen LogP) is 4.05. The van der Waals surface area contributed by atoms with Gasteiger partial charge in [0, 0.05) is 5.56 Å². The predicted molar refractivity (Wildman–Crippen MR) is 78.9 cm³/mol. The molecule has 0 bridgehead atoms. The number of hydrogen-bond donors (Lipinski definition) is 1. The van der Waals surface area contributed by atoms with Gasteiger partial charge in [0.1, 0.15) is 10.6 Å². The number of aromatic nitrogens is 1. The van der Waals surface area contributed by atoms with Crippen LogP contribution in [0.5, 0.6) is 0 Å². The number of carbonyl (C=O) groups excluding carboxylic acids is 1. The minimum atomic E-state index is -2.83. The van der Waals surface area contributed by atoms with Crippen LogP contribution in [0.4, 0.5) is 13.9 Å². The first-order valence-corrected chi connectivity index (χ1v) is 6.96. The Morgan fingerprint density at radius 2 is 1.86 bits per heavy atom. The van der Waals surface area contributed by atoms with Crippen LogP contribution in [-0.4, -0.2) is 10.8 Å². The van der Waals surface area contributed by atoms with Crippen LogP contribution in [0.15, 0.2) is 42.5 Å². The molecule has 0 amide bonds. The molecule has 0 atom stereocenters. The van der Waals surface area contributed by atoms with E-state index in [1.165, 1.54) is 0 Å². The maximum Gasteiger partial charge on any atom is 0.282 e. The fourth-order valence-electron chi connectivity index (χ4n) is 2.21. The van der Waals surface area contributed by atoms with Crippen LogP contribution in [0.2, 0.25) is 0 Å². The van der Waals surface area contributed by atoms with Gasteiger partial charge in [-0.2, -0.15) is 0 Å².